The van der Waals surface area contributed by atoms with Gasteiger partial charge in [-0.15, -0.1) is 0 Å². The summed E-state index contributed by atoms with van der Waals surface area (Å²) in [4.78, 5) is 30.8. The minimum atomic E-state index is 0.00347. The molecule has 1 aromatic rings. The van der Waals surface area contributed by atoms with Gasteiger partial charge in [0.2, 0.25) is 11.8 Å². The number of carbonyl (C=O) groups is 2. The molecule has 8 heteroatoms. The van der Waals surface area contributed by atoms with Crippen LogP contribution in [-0.2, 0) is 20.9 Å². The zero-order valence-electron chi connectivity index (χ0n) is 16.6. The number of hydrogen-bond acceptors (Lipinski definition) is 6. The van der Waals surface area contributed by atoms with Gasteiger partial charge in [0.05, 0.1) is 33.4 Å². The fourth-order valence-corrected chi connectivity index (χ4v) is 3.51. The van der Waals surface area contributed by atoms with E-state index in [0.717, 1.165) is 37.5 Å². The minimum absolute atomic E-state index is 0.00347. The Morgan fingerprint density at radius 1 is 1.00 bits per heavy atom. The van der Waals surface area contributed by atoms with Crippen LogP contribution in [0.5, 0.6) is 5.75 Å². The number of benzene rings is 1. The van der Waals surface area contributed by atoms with Crippen LogP contribution in [0.2, 0.25) is 0 Å². The highest BCUT2D eigenvalue weighted by molar-refractivity contribution is 5.78. The topological polar surface area (TPSA) is 74.4 Å². The van der Waals surface area contributed by atoms with Crippen molar-refractivity contribution in [2.75, 3.05) is 72.7 Å². The van der Waals surface area contributed by atoms with Gasteiger partial charge in [-0.25, -0.2) is 0 Å². The summed E-state index contributed by atoms with van der Waals surface area (Å²) in [5.41, 5.74) is 0.963. The Morgan fingerprint density at radius 3 is 2.32 bits per heavy atom. The predicted molar refractivity (Wildman–Crippen MR) is 105 cm³/mol. The van der Waals surface area contributed by atoms with E-state index in [1.807, 2.05) is 29.2 Å². The van der Waals surface area contributed by atoms with E-state index < -0.39 is 0 Å². The first-order valence-corrected chi connectivity index (χ1v) is 9.84. The van der Waals surface area contributed by atoms with Crippen LogP contribution in [0.15, 0.2) is 24.3 Å². The van der Waals surface area contributed by atoms with Gasteiger partial charge in [0, 0.05) is 51.4 Å². The minimum Gasteiger partial charge on any atom is -0.496 e. The third-order valence-corrected chi connectivity index (χ3v) is 5.22. The normalized spacial score (nSPS) is 18.7. The molecule has 154 valence electrons. The van der Waals surface area contributed by atoms with E-state index in [9.17, 15) is 9.59 Å². The van der Waals surface area contributed by atoms with Crippen LogP contribution >= 0.6 is 0 Å². The van der Waals surface area contributed by atoms with Crippen molar-refractivity contribution in [2.45, 2.75) is 6.54 Å². The standard InChI is InChI=1S/C20H30N4O4/c1-27-18-5-3-2-4-17(18)14-21-19(25)15-22-6-8-23(9-7-22)16-20(26)24-10-12-28-13-11-24/h2-5H,6-16H2,1H3,(H,21,25). The Labute approximate surface area is 166 Å². The lowest BCUT2D eigenvalue weighted by Crippen LogP contribution is -2.52. The van der Waals surface area contributed by atoms with Crippen molar-refractivity contribution >= 4 is 11.8 Å². The fourth-order valence-electron chi connectivity index (χ4n) is 3.51. The number of nitrogens with zero attached hydrogens (tertiary/aromatic N) is 3. The molecule has 0 saturated carbocycles. The summed E-state index contributed by atoms with van der Waals surface area (Å²) in [5.74, 6) is 0.955. The second-order valence-electron chi connectivity index (χ2n) is 7.13. The summed E-state index contributed by atoms with van der Waals surface area (Å²) in [7, 11) is 1.63. The number of nitrogens with one attached hydrogen (secondary N) is 1. The van der Waals surface area contributed by atoms with Crippen LogP contribution in [0.1, 0.15) is 5.56 Å². The maximum atomic E-state index is 12.3. The van der Waals surface area contributed by atoms with Gasteiger partial charge in [-0.05, 0) is 6.07 Å². The van der Waals surface area contributed by atoms with Crippen molar-refractivity contribution in [3.8, 4) is 5.75 Å². The number of methoxy groups -OCH3 is 1. The van der Waals surface area contributed by atoms with Crippen LogP contribution < -0.4 is 10.1 Å². The average Bonchev–Trinajstić information content (AvgIpc) is 2.74. The molecular weight excluding hydrogens is 360 g/mol. The summed E-state index contributed by atoms with van der Waals surface area (Å²) < 4.78 is 10.6. The number of carbonyl (C=O) groups excluding carboxylic acids is 2. The number of piperazine rings is 1. The first kappa shape index (κ1) is 20.6. The molecule has 2 saturated heterocycles. The monoisotopic (exact) mass is 390 g/mol. The SMILES string of the molecule is COc1ccccc1CNC(=O)CN1CCN(CC(=O)N2CCOCC2)CC1. The van der Waals surface area contributed by atoms with Crippen molar-refractivity contribution < 1.29 is 19.1 Å². The molecule has 2 aliphatic rings. The molecule has 1 aromatic carbocycles. The molecule has 8 nitrogen and oxygen atoms in total. The second-order valence-corrected chi connectivity index (χ2v) is 7.13. The molecule has 3 rings (SSSR count). The lowest BCUT2D eigenvalue weighted by atomic mass is 10.2. The lowest BCUT2D eigenvalue weighted by Gasteiger charge is -2.35. The quantitative estimate of drug-likeness (QED) is 0.694. The first-order valence-electron chi connectivity index (χ1n) is 9.84. The van der Waals surface area contributed by atoms with E-state index in [2.05, 4.69) is 15.1 Å². The lowest BCUT2D eigenvalue weighted by molar-refractivity contribution is -0.137. The van der Waals surface area contributed by atoms with E-state index in [4.69, 9.17) is 9.47 Å². The number of amides is 2. The van der Waals surface area contributed by atoms with Crippen LogP contribution in [-0.4, -0.2) is 99.2 Å². The van der Waals surface area contributed by atoms with E-state index in [0.29, 0.717) is 45.9 Å². The van der Waals surface area contributed by atoms with Gasteiger partial charge in [0.1, 0.15) is 5.75 Å². The molecule has 2 aliphatic heterocycles. The maximum absolute atomic E-state index is 12.3. The highest BCUT2D eigenvalue weighted by Gasteiger charge is 2.23. The van der Waals surface area contributed by atoms with Crippen molar-refractivity contribution in [1.82, 2.24) is 20.0 Å². The van der Waals surface area contributed by atoms with Crippen molar-refractivity contribution in [3.63, 3.8) is 0 Å². The third-order valence-electron chi connectivity index (χ3n) is 5.22. The first-order chi connectivity index (χ1) is 13.7. The summed E-state index contributed by atoms with van der Waals surface area (Å²) in [6.07, 6.45) is 0. The molecule has 2 heterocycles. The molecule has 0 radical (unpaired) electrons. The van der Waals surface area contributed by atoms with Crippen LogP contribution in [0.25, 0.3) is 0 Å². The number of ether oxygens (including phenoxy) is 2. The van der Waals surface area contributed by atoms with Gasteiger partial charge in [0.15, 0.2) is 0 Å². The molecule has 0 aliphatic carbocycles. The Morgan fingerprint density at radius 2 is 1.64 bits per heavy atom. The van der Waals surface area contributed by atoms with Crippen molar-refractivity contribution in [3.05, 3.63) is 29.8 Å². The van der Waals surface area contributed by atoms with Crippen LogP contribution in [0.4, 0.5) is 0 Å². The molecule has 0 unspecified atom stereocenters. The average molecular weight is 390 g/mol. The Kier molecular flexibility index (Phi) is 7.64. The van der Waals surface area contributed by atoms with Crippen molar-refractivity contribution in [1.29, 1.82) is 0 Å². The fraction of sp³-hybridized carbons (Fsp3) is 0.600. The molecule has 0 aromatic heterocycles. The van der Waals surface area contributed by atoms with E-state index in [1.165, 1.54) is 0 Å². The molecule has 0 spiro atoms. The van der Waals surface area contributed by atoms with Crippen LogP contribution in [0.3, 0.4) is 0 Å². The number of morpholine rings is 1. The van der Waals surface area contributed by atoms with Crippen LogP contribution in [0, 0.1) is 0 Å². The zero-order valence-corrected chi connectivity index (χ0v) is 16.6. The predicted octanol–water partition coefficient (Wildman–Crippen LogP) is -0.212. The van der Waals surface area contributed by atoms with E-state index >= 15 is 0 Å². The van der Waals surface area contributed by atoms with Gasteiger partial charge in [-0.1, -0.05) is 18.2 Å². The molecule has 0 atom stereocenters. The van der Waals surface area contributed by atoms with Gasteiger partial charge in [0.25, 0.3) is 0 Å². The summed E-state index contributed by atoms with van der Waals surface area (Å²) >= 11 is 0. The smallest absolute Gasteiger partial charge is 0.236 e. The van der Waals surface area contributed by atoms with Gasteiger partial charge < -0.3 is 19.7 Å². The Balaban J connectivity index is 1.35. The highest BCUT2D eigenvalue weighted by Crippen LogP contribution is 2.16. The van der Waals surface area contributed by atoms with Gasteiger partial charge in [-0.3, -0.25) is 19.4 Å². The second kappa shape index (κ2) is 10.4. The number of hydrogen-bond donors (Lipinski definition) is 1. The van der Waals surface area contributed by atoms with Crippen molar-refractivity contribution in [2.24, 2.45) is 0 Å². The molecule has 2 amide bonds. The third kappa shape index (κ3) is 5.92. The number of para-hydroxylation sites is 1. The molecule has 28 heavy (non-hydrogen) atoms. The van der Waals surface area contributed by atoms with E-state index in [-0.39, 0.29) is 11.8 Å². The highest BCUT2D eigenvalue weighted by atomic mass is 16.5. The summed E-state index contributed by atoms with van der Waals surface area (Å²) in [6, 6.07) is 7.68. The summed E-state index contributed by atoms with van der Waals surface area (Å²) in [5, 5.41) is 2.96. The Hall–Kier alpha value is -2.16. The summed E-state index contributed by atoms with van der Waals surface area (Å²) in [6.45, 7) is 7.09. The molecular formula is C20H30N4O4. The largest absolute Gasteiger partial charge is 0.496 e. The molecule has 2 fully saturated rings. The molecule has 0 bridgehead atoms. The Bertz CT molecular complexity index is 655. The maximum Gasteiger partial charge on any atom is 0.236 e. The van der Waals surface area contributed by atoms with E-state index in [1.54, 1.807) is 7.11 Å². The zero-order chi connectivity index (χ0) is 19.8. The number of rotatable bonds is 7. The molecule has 1 N–H and O–H groups in total. The van der Waals surface area contributed by atoms with Gasteiger partial charge >= 0.3 is 0 Å². The van der Waals surface area contributed by atoms with Gasteiger partial charge in [-0.2, -0.15) is 0 Å².